The maximum Gasteiger partial charge on any atom is 0.284 e. The largest absolute Gasteiger partial charge is 0.485 e. The topological polar surface area (TPSA) is 97.7 Å². The summed E-state index contributed by atoms with van der Waals surface area (Å²) in [6.07, 6.45) is 0.477. The molecule has 8 heteroatoms. The zero-order valence-corrected chi connectivity index (χ0v) is 17.2. The lowest BCUT2D eigenvalue weighted by molar-refractivity contribution is -0.130. The van der Waals surface area contributed by atoms with E-state index in [1.807, 2.05) is 66.7 Å². The number of carbonyl (C=O) groups is 1. The highest BCUT2D eigenvalue weighted by Crippen LogP contribution is 2.35. The Balaban J connectivity index is 1.29. The third kappa shape index (κ3) is 3.62. The van der Waals surface area contributed by atoms with Gasteiger partial charge >= 0.3 is 0 Å². The second-order valence-corrected chi connectivity index (χ2v) is 7.42. The van der Waals surface area contributed by atoms with Crippen LogP contribution >= 0.6 is 0 Å². The maximum atomic E-state index is 12.7. The Morgan fingerprint density at radius 2 is 1.78 bits per heavy atom. The summed E-state index contributed by atoms with van der Waals surface area (Å²) in [5.74, 6) is 0.642. The number of hydrogen-bond acceptors (Lipinski definition) is 5. The SMILES string of the molecule is Cc1[nH]n(-c2ccccc2)c(=O)c1/C=N/NC(=O)[C@H]1COc2cc3ccccc3cc2O1. The molecule has 160 valence electrons. The molecule has 32 heavy (non-hydrogen) atoms. The lowest BCUT2D eigenvalue weighted by atomic mass is 10.1. The number of carbonyl (C=O) groups excluding carboxylic acids is 1. The molecule has 0 aliphatic carbocycles. The van der Waals surface area contributed by atoms with Crippen molar-refractivity contribution >= 4 is 22.9 Å². The van der Waals surface area contributed by atoms with Crippen molar-refractivity contribution in [2.45, 2.75) is 13.0 Å². The molecule has 1 aliphatic heterocycles. The summed E-state index contributed by atoms with van der Waals surface area (Å²) in [6.45, 7) is 1.83. The molecule has 1 amide bonds. The number of aromatic amines is 1. The molecular weight excluding hydrogens is 408 g/mol. The number of rotatable bonds is 4. The quantitative estimate of drug-likeness (QED) is 0.386. The zero-order valence-electron chi connectivity index (χ0n) is 17.2. The van der Waals surface area contributed by atoms with Crippen molar-refractivity contribution in [1.29, 1.82) is 0 Å². The summed E-state index contributed by atoms with van der Waals surface area (Å²) in [7, 11) is 0. The Morgan fingerprint density at radius 3 is 2.53 bits per heavy atom. The van der Waals surface area contributed by atoms with Crippen LogP contribution in [0.4, 0.5) is 0 Å². The van der Waals surface area contributed by atoms with Crippen LogP contribution in [-0.4, -0.2) is 34.6 Å². The minimum Gasteiger partial charge on any atom is -0.485 e. The van der Waals surface area contributed by atoms with E-state index in [0.717, 1.165) is 10.8 Å². The van der Waals surface area contributed by atoms with Gasteiger partial charge in [-0.05, 0) is 42.0 Å². The molecule has 5 rings (SSSR count). The van der Waals surface area contributed by atoms with Gasteiger partial charge in [0.1, 0.15) is 6.61 Å². The number of aromatic nitrogens is 2. The van der Waals surface area contributed by atoms with Crippen LogP contribution in [0.2, 0.25) is 0 Å². The highest BCUT2D eigenvalue weighted by Gasteiger charge is 2.27. The third-order valence-electron chi connectivity index (χ3n) is 5.26. The van der Waals surface area contributed by atoms with Crippen LogP contribution in [0, 0.1) is 6.92 Å². The van der Waals surface area contributed by atoms with Gasteiger partial charge in [-0.1, -0.05) is 42.5 Å². The first kappa shape index (κ1) is 19.6. The summed E-state index contributed by atoms with van der Waals surface area (Å²) in [6, 6.07) is 20.8. The predicted octanol–water partition coefficient (Wildman–Crippen LogP) is 2.92. The van der Waals surface area contributed by atoms with E-state index >= 15 is 0 Å². The number of para-hydroxylation sites is 1. The maximum absolute atomic E-state index is 12.7. The number of H-pyrrole nitrogens is 1. The molecule has 8 nitrogen and oxygen atoms in total. The van der Waals surface area contributed by atoms with E-state index in [0.29, 0.717) is 28.4 Å². The van der Waals surface area contributed by atoms with E-state index < -0.39 is 12.0 Å². The van der Waals surface area contributed by atoms with Crippen molar-refractivity contribution in [3.63, 3.8) is 0 Å². The van der Waals surface area contributed by atoms with Crippen LogP contribution in [0.3, 0.4) is 0 Å². The number of aryl methyl sites for hydroxylation is 1. The van der Waals surface area contributed by atoms with Gasteiger partial charge in [-0.15, -0.1) is 0 Å². The van der Waals surface area contributed by atoms with Gasteiger partial charge in [0, 0.05) is 5.69 Å². The van der Waals surface area contributed by atoms with Gasteiger partial charge in [0.2, 0.25) is 6.10 Å². The molecule has 0 spiro atoms. The van der Waals surface area contributed by atoms with Gasteiger partial charge in [0.05, 0.1) is 17.5 Å². The lowest BCUT2D eigenvalue weighted by Crippen LogP contribution is -2.42. The zero-order chi connectivity index (χ0) is 22.1. The Hall–Kier alpha value is -4.33. The van der Waals surface area contributed by atoms with Crippen molar-refractivity contribution in [1.82, 2.24) is 15.2 Å². The summed E-state index contributed by atoms with van der Waals surface area (Å²) in [5.41, 5.74) is 3.88. The van der Waals surface area contributed by atoms with Crippen LogP contribution in [0.1, 0.15) is 11.3 Å². The van der Waals surface area contributed by atoms with E-state index in [1.165, 1.54) is 10.9 Å². The minimum atomic E-state index is -0.853. The van der Waals surface area contributed by atoms with Gasteiger partial charge in [0.25, 0.3) is 11.5 Å². The van der Waals surface area contributed by atoms with Crippen LogP contribution < -0.4 is 20.5 Å². The second kappa shape index (κ2) is 8.07. The van der Waals surface area contributed by atoms with Gasteiger partial charge in [-0.2, -0.15) is 5.10 Å². The van der Waals surface area contributed by atoms with Crippen molar-refractivity contribution in [3.05, 3.63) is 88.3 Å². The van der Waals surface area contributed by atoms with Crippen LogP contribution in [-0.2, 0) is 4.79 Å². The first-order valence-electron chi connectivity index (χ1n) is 10.1. The van der Waals surface area contributed by atoms with E-state index in [-0.39, 0.29) is 12.2 Å². The average molecular weight is 428 g/mol. The number of amides is 1. The van der Waals surface area contributed by atoms with Gasteiger partial charge in [-0.3, -0.25) is 14.7 Å². The van der Waals surface area contributed by atoms with Crippen molar-refractivity contribution in [2.24, 2.45) is 5.10 Å². The summed E-state index contributed by atoms with van der Waals surface area (Å²) >= 11 is 0. The van der Waals surface area contributed by atoms with E-state index in [9.17, 15) is 9.59 Å². The number of hydrazone groups is 1. The van der Waals surface area contributed by atoms with Gasteiger partial charge < -0.3 is 9.47 Å². The van der Waals surface area contributed by atoms with Gasteiger partial charge in [0.15, 0.2) is 11.5 Å². The highest BCUT2D eigenvalue weighted by molar-refractivity contribution is 5.88. The van der Waals surface area contributed by atoms with E-state index in [1.54, 1.807) is 6.92 Å². The normalized spacial score (nSPS) is 15.2. The lowest BCUT2D eigenvalue weighted by Gasteiger charge is -2.25. The standard InChI is InChI=1S/C24H20N4O4/c1-15-19(24(30)28(27-15)18-9-3-2-4-10-18)13-25-26-23(29)22-14-31-20-11-16-7-5-6-8-17(16)12-21(20)32-22/h2-13,22,27H,14H2,1H3,(H,26,29)/b25-13+/t22-/m1/s1. The molecule has 3 aromatic carbocycles. The second-order valence-electron chi connectivity index (χ2n) is 7.42. The van der Waals surface area contributed by atoms with Gasteiger partial charge in [-0.25, -0.2) is 10.1 Å². The summed E-state index contributed by atoms with van der Waals surface area (Å²) in [5, 5.41) is 8.99. The van der Waals surface area contributed by atoms with Crippen molar-refractivity contribution < 1.29 is 14.3 Å². The fourth-order valence-corrected chi connectivity index (χ4v) is 3.59. The number of ether oxygens (including phenoxy) is 2. The molecule has 1 atom stereocenters. The molecule has 0 saturated heterocycles. The molecule has 1 aliphatic rings. The summed E-state index contributed by atoms with van der Waals surface area (Å²) < 4.78 is 13.0. The highest BCUT2D eigenvalue weighted by atomic mass is 16.6. The molecule has 0 radical (unpaired) electrons. The van der Waals surface area contributed by atoms with Crippen molar-refractivity contribution in [3.8, 4) is 17.2 Å². The number of nitrogens with one attached hydrogen (secondary N) is 2. The fraction of sp³-hybridized carbons (Fsp3) is 0.125. The third-order valence-corrected chi connectivity index (χ3v) is 5.26. The molecule has 0 bridgehead atoms. The number of nitrogens with zero attached hydrogens (tertiary/aromatic N) is 2. The van der Waals surface area contributed by atoms with E-state index in [2.05, 4.69) is 15.6 Å². The van der Waals surface area contributed by atoms with Crippen LogP contribution in [0.25, 0.3) is 16.5 Å². The summed E-state index contributed by atoms with van der Waals surface area (Å²) in [4.78, 5) is 25.2. The van der Waals surface area contributed by atoms with Crippen LogP contribution in [0.5, 0.6) is 11.5 Å². The number of benzene rings is 3. The molecule has 2 heterocycles. The Morgan fingerprint density at radius 1 is 1.09 bits per heavy atom. The van der Waals surface area contributed by atoms with Crippen LogP contribution in [0.15, 0.2) is 76.6 Å². The first-order chi connectivity index (χ1) is 15.6. The molecule has 1 aromatic heterocycles. The number of fused-ring (bicyclic) bond motifs is 2. The van der Waals surface area contributed by atoms with E-state index in [4.69, 9.17) is 9.47 Å². The Labute approximate surface area is 183 Å². The minimum absolute atomic E-state index is 0.0662. The molecule has 2 N–H and O–H groups in total. The molecule has 4 aromatic rings. The molecular formula is C24H20N4O4. The molecule has 0 unspecified atom stereocenters. The molecule has 0 saturated carbocycles. The Kier molecular flexibility index (Phi) is 4.95. The smallest absolute Gasteiger partial charge is 0.284 e. The Bertz CT molecular complexity index is 1390. The van der Waals surface area contributed by atoms with Crippen molar-refractivity contribution in [2.75, 3.05) is 6.61 Å². The monoisotopic (exact) mass is 428 g/mol. The fourth-order valence-electron chi connectivity index (χ4n) is 3.59. The average Bonchev–Trinajstić information content (AvgIpc) is 3.11. The predicted molar refractivity (Wildman–Crippen MR) is 121 cm³/mol. The number of hydrogen-bond donors (Lipinski definition) is 2. The first-order valence-corrected chi connectivity index (χ1v) is 10.1. The molecule has 0 fully saturated rings.